The zero-order chi connectivity index (χ0) is 20.5. The summed E-state index contributed by atoms with van der Waals surface area (Å²) in [4.78, 5) is 16.8. The fourth-order valence-electron chi connectivity index (χ4n) is 5.77. The molecule has 5 heteroatoms. The van der Waals surface area contributed by atoms with Crippen molar-refractivity contribution in [1.82, 2.24) is 19.9 Å². The van der Waals surface area contributed by atoms with Crippen molar-refractivity contribution < 1.29 is 0 Å². The zero-order valence-corrected chi connectivity index (χ0v) is 19.9. The van der Waals surface area contributed by atoms with Crippen molar-refractivity contribution in [2.75, 3.05) is 0 Å². The van der Waals surface area contributed by atoms with Gasteiger partial charge < -0.3 is 0 Å². The maximum absolute atomic E-state index is 4.24. The van der Waals surface area contributed by atoms with Crippen LogP contribution >= 0.6 is 0 Å². The molecule has 4 N–H and O–H groups in total. The van der Waals surface area contributed by atoms with E-state index in [1.165, 1.54) is 102 Å². The standard InChI is InChI=1S/C25H44N4Si/c1-5-13-22(14-6-1)21-26-30(27-23-15-7-2-8-16-23,28-24-17-9-3-10-18-24)29-25-19-11-4-12-20-25/h1,5-6,13-14,23-29H,2-4,7-12,15-21H2. The van der Waals surface area contributed by atoms with Crippen LogP contribution in [0.15, 0.2) is 30.3 Å². The number of hydrogen-bond donors (Lipinski definition) is 4. The van der Waals surface area contributed by atoms with Crippen LogP contribution in [-0.2, 0) is 6.54 Å². The van der Waals surface area contributed by atoms with Crippen LogP contribution in [0, 0.1) is 0 Å². The Balaban J connectivity index is 1.52. The highest BCUT2D eigenvalue weighted by Gasteiger charge is 2.41. The molecule has 1 aromatic rings. The quantitative estimate of drug-likeness (QED) is 0.419. The highest BCUT2D eigenvalue weighted by molar-refractivity contribution is 6.70. The molecule has 0 saturated heterocycles. The van der Waals surface area contributed by atoms with Crippen LogP contribution in [0.5, 0.6) is 0 Å². The Kier molecular flexibility index (Phi) is 8.82. The minimum Gasteiger partial charge on any atom is -0.298 e. The van der Waals surface area contributed by atoms with Crippen molar-refractivity contribution in [2.24, 2.45) is 0 Å². The van der Waals surface area contributed by atoms with E-state index in [0.717, 1.165) is 6.54 Å². The highest BCUT2D eigenvalue weighted by Crippen LogP contribution is 2.23. The van der Waals surface area contributed by atoms with Crippen LogP contribution in [0.1, 0.15) is 102 Å². The predicted molar refractivity (Wildman–Crippen MR) is 129 cm³/mol. The monoisotopic (exact) mass is 428 g/mol. The lowest BCUT2D eigenvalue weighted by Crippen LogP contribution is -2.84. The van der Waals surface area contributed by atoms with Gasteiger partial charge >= 0.3 is 8.72 Å². The molecule has 4 rings (SSSR count). The molecule has 3 fully saturated rings. The summed E-state index contributed by atoms with van der Waals surface area (Å²) >= 11 is 0. The van der Waals surface area contributed by atoms with E-state index in [1.807, 2.05) is 0 Å². The van der Waals surface area contributed by atoms with Crippen molar-refractivity contribution in [1.29, 1.82) is 0 Å². The summed E-state index contributed by atoms with van der Waals surface area (Å²) in [7, 11) is -2.24. The molecule has 3 saturated carbocycles. The Morgan fingerprint density at radius 3 is 1.37 bits per heavy atom. The molecule has 4 nitrogen and oxygen atoms in total. The first-order chi connectivity index (χ1) is 14.8. The van der Waals surface area contributed by atoms with Crippen molar-refractivity contribution >= 4 is 8.72 Å². The van der Waals surface area contributed by atoms with E-state index in [4.69, 9.17) is 0 Å². The summed E-state index contributed by atoms with van der Waals surface area (Å²) in [5.74, 6) is 0. The molecule has 3 aliphatic carbocycles. The normalized spacial score (nSPS) is 22.9. The molecule has 0 spiro atoms. The lowest BCUT2D eigenvalue weighted by atomic mass is 9.96. The molecule has 0 aromatic heterocycles. The van der Waals surface area contributed by atoms with Crippen LogP contribution in [0.2, 0.25) is 0 Å². The SMILES string of the molecule is c1ccc(CN[Si](NC2CCCCC2)(NC2CCCCC2)NC2CCCCC2)cc1. The maximum atomic E-state index is 4.24. The van der Waals surface area contributed by atoms with Gasteiger partial charge in [-0.25, -0.2) is 0 Å². The molecule has 1 aromatic carbocycles. The molecule has 3 aliphatic rings. The van der Waals surface area contributed by atoms with Crippen LogP contribution in [0.3, 0.4) is 0 Å². The summed E-state index contributed by atoms with van der Waals surface area (Å²) in [5.41, 5.74) is 1.38. The van der Waals surface area contributed by atoms with E-state index in [9.17, 15) is 0 Å². The van der Waals surface area contributed by atoms with Crippen molar-refractivity contribution in [3.63, 3.8) is 0 Å². The first-order valence-corrected chi connectivity index (χ1v) is 14.9. The number of nitrogens with one attached hydrogen (secondary N) is 4. The first-order valence-electron chi connectivity index (χ1n) is 12.9. The topological polar surface area (TPSA) is 48.1 Å². The molecule has 168 valence electrons. The molecule has 0 aliphatic heterocycles. The van der Waals surface area contributed by atoms with Gasteiger partial charge in [0.25, 0.3) is 0 Å². The van der Waals surface area contributed by atoms with E-state index in [-0.39, 0.29) is 0 Å². The Hall–Kier alpha value is -0.723. The summed E-state index contributed by atoms with van der Waals surface area (Å²) in [5, 5.41) is 0. The van der Waals surface area contributed by atoms with Crippen LogP contribution in [-0.4, -0.2) is 26.8 Å². The second-order valence-corrected chi connectivity index (χ2v) is 12.7. The molecular formula is C25H44N4Si. The van der Waals surface area contributed by atoms with Crippen molar-refractivity contribution in [3.8, 4) is 0 Å². The summed E-state index contributed by atoms with van der Waals surface area (Å²) in [6.07, 6.45) is 20.5. The van der Waals surface area contributed by atoms with Gasteiger partial charge in [-0.1, -0.05) is 88.1 Å². The second-order valence-electron chi connectivity index (χ2n) is 10.0. The molecule has 0 bridgehead atoms. The third-order valence-corrected chi connectivity index (χ3v) is 10.7. The fraction of sp³-hybridized carbons (Fsp3) is 0.760. The third kappa shape index (κ3) is 6.89. The highest BCUT2D eigenvalue weighted by atomic mass is 28.4. The molecule has 0 amide bonds. The Labute approximate surface area is 185 Å². The van der Waals surface area contributed by atoms with Crippen LogP contribution < -0.4 is 19.9 Å². The minimum atomic E-state index is -2.24. The average molecular weight is 429 g/mol. The van der Waals surface area contributed by atoms with Gasteiger partial charge in [-0.05, 0) is 44.1 Å². The van der Waals surface area contributed by atoms with Gasteiger partial charge in [0, 0.05) is 24.7 Å². The maximum Gasteiger partial charge on any atom is 0.366 e. The van der Waals surface area contributed by atoms with E-state index in [2.05, 4.69) is 50.3 Å². The van der Waals surface area contributed by atoms with Gasteiger partial charge in [-0.15, -0.1) is 0 Å². The van der Waals surface area contributed by atoms with E-state index in [0.29, 0.717) is 18.1 Å². The number of rotatable bonds is 9. The van der Waals surface area contributed by atoms with Gasteiger partial charge in [0.1, 0.15) is 0 Å². The van der Waals surface area contributed by atoms with E-state index in [1.54, 1.807) is 0 Å². The average Bonchev–Trinajstić information content (AvgIpc) is 2.80. The molecule has 0 heterocycles. The Morgan fingerprint density at radius 1 is 0.567 bits per heavy atom. The Morgan fingerprint density at radius 2 is 0.967 bits per heavy atom. The van der Waals surface area contributed by atoms with Crippen molar-refractivity contribution in [3.05, 3.63) is 35.9 Å². The van der Waals surface area contributed by atoms with Gasteiger partial charge in [0.2, 0.25) is 0 Å². The predicted octanol–water partition coefficient (Wildman–Crippen LogP) is 4.98. The lowest BCUT2D eigenvalue weighted by molar-refractivity contribution is 0.359. The number of benzene rings is 1. The molecular weight excluding hydrogens is 384 g/mol. The van der Waals surface area contributed by atoms with Gasteiger partial charge in [-0.2, -0.15) is 0 Å². The van der Waals surface area contributed by atoms with Gasteiger partial charge in [-0.3, -0.25) is 19.9 Å². The smallest absolute Gasteiger partial charge is 0.298 e. The number of hydrogen-bond acceptors (Lipinski definition) is 4. The summed E-state index contributed by atoms with van der Waals surface area (Å²) < 4.78 is 0. The third-order valence-electron chi connectivity index (χ3n) is 7.48. The van der Waals surface area contributed by atoms with Gasteiger partial charge in [0.05, 0.1) is 0 Å². The second kappa shape index (κ2) is 11.8. The van der Waals surface area contributed by atoms with Crippen LogP contribution in [0.25, 0.3) is 0 Å². The first kappa shape index (κ1) is 22.5. The van der Waals surface area contributed by atoms with E-state index >= 15 is 0 Å². The molecule has 0 atom stereocenters. The summed E-state index contributed by atoms with van der Waals surface area (Å²) in [6, 6.07) is 12.9. The molecule has 0 radical (unpaired) electrons. The molecule has 0 unspecified atom stereocenters. The van der Waals surface area contributed by atoms with E-state index < -0.39 is 8.72 Å². The minimum absolute atomic E-state index is 0.654. The van der Waals surface area contributed by atoms with Crippen LogP contribution in [0.4, 0.5) is 0 Å². The zero-order valence-electron chi connectivity index (χ0n) is 18.9. The summed E-state index contributed by atoms with van der Waals surface area (Å²) in [6.45, 7) is 0.937. The van der Waals surface area contributed by atoms with Crippen molar-refractivity contribution in [2.45, 2.75) is 121 Å². The lowest BCUT2D eigenvalue weighted by Gasteiger charge is -2.44. The Bertz CT molecular complexity index is 542. The largest absolute Gasteiger partial charge is 0.366 e. The fourth-order valence-corrected chi connectivity index (χ4v) is 9.50. The molecule has 30 heavy (non-hydrogen) atoms. The van der Waals surface area contributed by atoms with Gasteiger partial charge in [0.15, 0.2) is 0 Å².